The third-order valence-corrected chi connectivity index (χ3v) is 1.05. The molecule has 0 unspecified atom stereocenters. The number of esters is 1. The van der Waals surface area contributed by atoms with Gasteiger partial charge >= 0.3 is 5.97 Å². The summed E-state index contributed by atoms with van der Waals surface area (Å²) in [4.78, 5) is 10.6. The van der Waals surface area contributed by atoms with E-state index in [-0.39, 0.29) is 6.61 Å². The number of hydrogen-bond donors (Lipinski definition) is 1. The first-order valence-electron chi connectivity index (χ1n) is 3.15. The molecule has 0 amide bonds. The van der Waals surface area contributed by atoms with Gasteiger partial charge in [-0.2, -0.15) is 0 Å². The Hall–Kier alpha value is -0.640. The van der Waals surface area contributed by atoms with Gasteiger partial charge in [0, 0.05) is 0 Å². The molecule has 0 saturated heterocycles. The highest BCUT2D eigenvalue weighted by Crippen LogP contribution is 1.96. The molecule has 0 heterocycles. The summed E-state index contributed by atoms with van der Waals surface area (Å²) in [6, 6.07) is -1.14. The molecule has 10 heavy (non-hydrogen) atoms. The lowest BCUT2D eigenvalue weighted by Gasteiger charge is -2.10. The van der Waals surface area contributed by atoms with Crippen molar-refractivity contribution in [2.45, 2.75) is 26.1 Å². The van der Waals surface area contributed by atoms with Gasteiger partial charge in [-0.1, -0.05) is 0 Å². The quantitative estimate of drug-likeness (QED) is 0.584. The lowest BCUT2D eigenvalue weighted by Crippen LogP contribution is -2.39. The van der Waals surface area contributed by atoms with E-state index in [1.54, 1.807) is 6.92 Å². The molecule has 0 radical (unpaired) electrons. The number of hydrogen-bond acceptors (Lipinski definition) is 3. The number of rotatable bonds is 3. The number of carbonyl (C=O) groups excluding carboxylic acids is 1. The summed E-state index contributed by atoms with van der Waals surface area (Å²) in [6.07, 6.45) is -1.35. The van der Waals surface area contributed by atoms with Gasteiger partial charge in [-0.05, 0) is 13.8 Å². The zero-order valence-corrected chi connectivity index (χ0v) is 6.13. The summed E-state index contributed by atoms with van der Waals surface area (Å²) >= 11 is 0. The first-order chi connectivity index (χ1) is 4.59. The first-order valence-corrected chi connectivity index (χ1v) is 3.15. The summed E-state index contributed by atoms with van der Waals surface area (Å²) in [6.45, 7) is 3.11. The van der Waals surface area contributed by atoms with E-state index in [0.717, 1.165) is 0 Å². The fraction of sp³-hybridized carbons (Fsp3) is 0.833. The van der Waals surface area contributed by atoms with Crippen LogP contribution < -0.4 is 5.73 Å². The van der Waals surface area contributed by atoms with E-state index in [0.29, 0.717) is 0 Å². The van der Waals surface area contributed by atoms with Gasteiger partial charge in [-0.15, -0.1) is 0 Å². The topological polar surface area (TPSA) is 52.3 Å². The molecule has 0 aromatic heterocycles. The summed E-state index contributed by atoms with van der Waals surface area (Å²) in [5.74, 6) is -0.683. The number of halogens is 1. The van der Waals surface area contributed by atoms with Crippen molar-refractivity contribution in [3.8, 4) is 0 Å². The van der Waals surface area contributed by atoms with Crippen molar-refractivity contribution in [2.24, 2.45) is 5.73 Å². The largest absolute Gasteiger partial charge is 0.465 e. The minimum absolute atomic E-state index is 0.235. The van der Waals surface area contributed by atoms with Crippen LogP contribution in [-0.2, 0) is 9.53 Å². The molecule has 0 aliphatic carbocycles. The Morgan fingerprint density at radius 1 is 1.80 bits per heavy atom. The lowest BCUT2D eigenvalue weighted by atomic mass is 10.2. The summed E-state index contributed by atoms with van der Waals surface area (Å²) in [5, 5.41) is 0. The molecule has 3 nitrogen and oxygen atoms in total. The Balaban J connectivity index is 3.71. The number of ether oxygens (including phenoxy) is 1. The lowest BCUT2D eigenvalue weighted by molar-refractivity contribution is -0.146. The number of nitrogens with two attached hydrogens (primary N) is 1. The van der Waals surface area contributed by atoms with Crippen LogP contribution in [-0.4, -0.2) is 24.8 Å². The molecule has 0 aliphatic heterocycles. The van der Waals surface area contributed by atoms with E-state index in [4.69, 9.17) is 5.73 Å². The second kappa shape index (κ2) is 4.22. The van der Waals surface area contributed by atoms with Crippen molar-refractivity contribution < 1.29 is 13.9 Å². The molecule has 0 fully saturated rings. The van der Waals surface area contributed by atoms with E-state index in [1.807, 2.05) is 0 Å². The smallest absolute Gasteiger partial charge is 0.325 e. The molecule has 0 bridgehead atoms. The minimum atomic E-state index is -1.35. The second-order valence-electron chi connectivity index (χ2n) is 1.96. The van der Waals surface area contributed by atoms with Gasteiger partial charge in [0.2, 0.25) is 0 Å². The third kappa shape index (κ3) is 2.77. The van der Waals surface area contributed by atoms with Crippen LogP contribution in [0.15, 0.2) is 0 Å². The SMILES string of the molecule is CCOC(=O)[C@H](N)[C@H](C)F. The first kappa shape index (κ1) is 9.36. The van der Waals surface area contributed by atoms with Crippen molar-refractivity contribution in [1.82, 2.24) is 0 Å². The van der Waals surface area contributed by atoms with Crippen molar-refractivity contribution in [1.29, 1.82) is 0 Å². The number of carbonyl (C=O) groups is 1. The maximum absolute atomic E-state index is 12.2. The van der Waals surface area contributed by atoms with Gasteiger partial charge in [0.05, 0.1) is 6.61 Å². The van der Waals surface area contributed by atoms with Crippen LogP contribution in [0.5, 0.6) is 0 Å². The van der Waals surface area contributed by atoms with Crippen molar-refractivity contribution in [3.05, 3.63) is 0 Å². The van der Waals surface area contributed by atoms with E-state index >= 15 is 0 Å². The summed E-state index contributed by atoms with van der Waals surface area (Å²) in [7, 11) is 0. The minimum Gasteiger partial charge on any atom is -0.465 e. The van der Waals surface area contributed by atoms with Gasteiger partial charge in [0.1, 0.15) is 12.2 Å². The van der Waals surface area contributed by atoms with Gasteiger partial charge in [0.25, 0.3) is 0 Å². The van der Waals surface area contributed by atoms with Gasteiger partial charge < -0.3 is 10.5 Å². The highest BCUT2D eigenvalue weighted by atomic mass is 19.1. The molecule has 2 N–H and O–H groups in total. The Morgan fingerprint density at radius 2 is 2.30 bits per heavy atom. The Bertz CT molecular complexity index is 116. The van der Waals surface area contributed by atoms with Gasteiger partial charge in [0.15, 0.2) is 0 Å². The molecular weight excluding hydrogens is 137 g/mol. The third-order valence-electron chi connectivity index (χ3n) is 1.05. The van der Waals surface area contributed by atoms with Gasteiger partial charge in [-0.3, -0.25) is 4.79 Å². The zero-order chi connectivity index (χ0) is 8.15. The average Bonchev–Trinajstić information content (AvgIpc) is 1.87. The number of alkyl halides is 1. The molecule has 2 atom stereocenters. The molecule has 4 heteroatoms. The summed E-state index contributed by atoms with van der Waals surface area (Å²) < 4.78 is 16.7. The van der Waals surface area contributed by atoms with Gasteiger partial charge in [-0.25, -0.2) is 4.39 Å². The van der Waals surface area contributed by atoms with Crippen molar-refractivity contribution >= 4 is 5.97 Å². The highest BCUT2D eigenvalue weighted by molar-refractivity contribution is 5.76. The second-order valence-corrected chi connectivity index (χ2v) is 1.96. The van der Waals surface area contributed by atoms with Crippen LogP contribution in [0.2, 0.25) is 0 Å². The monoisotopic (exact) mass is 149 g/mol. The maximum atomic E-state index is 12.2. The van der Waals surface area contributed by atoms with Crippen molar-refractivity contribution in [3.63, 3.8) is 0 Å². The molecular formula is C6H12FNO2. The molecule has 0 saturated carbocycles. The van der Waals surface area contributed by atoms with E-state index in [9.17, 15) is 9.18 Å². The molecule has 0 aliphatic rings. The molecule has 0 aromatic carbocycles. The van der Waals surface area contributed by atoms with Crippen LogP contribution in [0.25, 0.3) is 0 Å². The molecule has 0 spiro atoms. The Morgan fingerprint density at radius 3 is 2.60 bits per heavy atom. The van der Waals surface area contributed by atoms with Crippen LogP contribution in [0.4, 0.5) is 4.39 Å². The Labute approximate surface area is 59.3 Å². The normalized spacial score (nSPS) is 16.0. The van der Waals surface area contributed by atoms with Crippen LogP contribution >= 0.6 is 0 Å². The van der Waals surface area contributed by atoms with Crippen LogP contribution in [0.3, 0.4) is 0 Å². The fourth-order valence-corrected chi connectivity index (χ4v) is 0.426. The van der Waals surface area contributed by atoms with Crippen LogP contribution in [0.1, 0.15) is 13.8 Å². The van der Waals surface area contributed by atoms with Crippen molar-refractivity contribution in [2.75, 3.05) is 6.61 Å². The fourth-order valence-electron chi connectivity index (χ4n) is 0.426. The predicted octanol–water partition coefficient (Wildman–Crippen LogP) is 0.235. The van der Waals surface area contributed by atoms with E-state index in [2.05, 4.69) is 4.74 Å². The highest BCUT2D eigenvalue weighted by Gasteiger charge is 2.20. The van der Waals surface area contributed by atoms with Crippen LogP contribution in [0, 0.1) is 0 Å². The van der Waals surface area contributed by atoms with E-state index < -0.39 is 18.2 Å². The average molecular weight is 149 g/mol. The van der Waals surface area contributed by atoms with E-state index in [1.165, 1.54) is 6.92 Å². The molecule has 60 valence electrons. The molecule has 0 aromatic rings. The predicted molar refractivity (Wildman–Crippen MR) is 35.2 cm³/mol. The Kier molecular flexibility index (Phi) is 3.95. The molecule has 0 rings (SSSR count). The standard InChI is InChI=1S/C6H12FNO2/c1-3-10-6(9)5(8)4(2)7/h4-5H,3,8H2,1-2H3/t4-,5+/m0/s1. The zero-order valence-electron chi connectivity index (χ0n) is 6.13. The maximum Gasteiger partial charge on any atom is 0.325 e. The summed E-state index contributed by atoms with van der Waals surface area (Å²) in [5.41, 5.74) is 5.10.